The highest BCUT2D eigenvalue weighted by Gasteiger charge is 2.29. The van der Waals surface area contributed by atoms with Crippen LogP contribution in [0, 0.1) is 5.92 Å². The van der Waals surface area contributed by atoms with Crippen LogP contribution in [0.4, 0.5) is 0 Å². The lowest BCUT2D eigenvalue weighted by Crippen LogP contribution is -2.49. The summed E-state index contributed by atoms with van der Waals surface area (Å²) >= 11 is 0. The second-order valence-corrected chi connectivity index (χ2v) is 9.65. The molecule has 180 valence electrons. The fraction of sp³-hybridized carbons (Fsp3) is 0.435. The normalized spacial score (nSPS) is 14.3. The van der Waals surface area contributed by atoms with E-state index in [0.717, 1.165) is 5.56 Å². The van der Waals surface area contributed by atoms with Gasteiger partial charge in [0, 0.05) is 25.1 Å². The SMILES string of the molecule is COc1cc(CNC(=O)C(NS(=O)(=O)c2ccc3c(c2)OCCCO3)C(C)C)cc(OC)c1. The van der Waals surface area contributed by atoms with Crippen molar-refractivity contribution in [1.82, 2.24) is 10.0 Å². The molecule has 3 rings (SSSR count). The van der Waals surface area contributed by atoms with Gasteiger partial charge in [-0.25, -0.2) is 8.42 Å². The van der Waals surface area contributed by atoms with Gasteiger partial charge in [-0.3, -0.25) is 4.79 Å². The first-order valence-corrected chi connectivity index (χ1v) is 12.1. The summed E-state index contributed by atoms with van der Waals surface area (Å²) in [4.78, 5) is 12.9. The van der Waals surface area contributed by atoms with Crippen LogP contribution in [0.1, 0.15) is 25.8 Å². The van der Waals surface area contributed by atoms with E-state index in [1.54, 1.807) is 52.3 Å². The Hall–Kier alpha value is -2.98. The Labute approximate surface area is 194 Å². The monoisotopic (exact) mass is 478 g/mol. The maximum atomic E-state index is 13.0. The molecule has 2 aromatic rings. The van der Waals surface area contributed by atoms with Crippen LogP contribution in [0.3, 0.4) is 0 Å². The highest BCUT2D eigenvalue weighted by molar-refractivity contribution is 7.89. The number of fused-ring (bicyclic) bond motifs is 1. The van der Waals surface area contributed by atoms with Crippen molar-refractivity contribution in [3.05, 3.63) is 42.0 Å². The van der Waals surface area contributed by atoms with Crippen LogP contribution in [0.2, 0.25) is 0 Å². The Morgan fingerprint density at radius 1 is 1.00 bits per heavy atom. The Bertz CT molecular complexity index is 1060. The summed E-state index contributed by atoms with van der Waals surface area (Å²) in [7, 11) is -0.902. The third-order valence-electron chi connectivity index (χ3n) is 5.14. The van der Waals surface area contributed by atoms with E-state index in [0.29, 0.717) is 42.6 Å². The molecule has 0 radical (unpaired) electrons. The van der Waals surface area contributed by atoms with Crippen molar-refractivity contribution in [1.29, 1.82) is 0 Å². The van der Waals surface area contributed by atoms with Gasteiger partial charge in [0.2, 0.25) is 15.9 Å². The molecular weight excluding hydrogens is 448 g/mol. The number of hydrogen-bond acceptors (Lipinski definition) is 7. The van der Waals surface area contributed by atoms with Crippen molar-refractivity contribution in [2.75, 3.05) is 27.4 Å². The summed E-state index contributed by atoms with van der Waals surface area (Å²) in [5.41, 5.74) is 0.757. The molecule has 0 saturated carbocycles. The number of benzene rings is 2. The zero-order valence-corrected chi connectivity index (χ0v) is 20.0. The van der Waals surface area contributed by atoms with E-state index in [4.69, 9.17) is 18.9 Å². The lowest BCUT2D eigenvalue weighted by molar-refractivity contribution is -0.123. The van der Waals surface area contributed by atoms with Gasteiger partial charge in [0.25, 0.3) is 0 Å². The van der Waals surface area contributed by atoms with E-state index in [1.165, 1.54) is 12.1 Å². The van der Waals surface area contributed by atoms with Gasteiger partial charge in [0.1, 0.15) is 17.5 Å². The molecule has 2 N–H and O–H groups in total. The number of rotatable bonds is 9. The van der Waals surface area contributed by atoms with E-state index < -0.39 is 22.0 Å². The molecule has 0 fully saturated rings. The minimum atomic E-state index is -3.99. The van der Waals surface area contributed by atoms with Crippen LogP contribution in [-0.4, -0.2) is 47.8 Å². The van der Waals surface area contributed by atoms with Crippen molar-refractivity contribution in [3.63, 3.8) is 0 Å². The second kappa shape index (κ2) is 10.8. The Kier molecular flexibility index (Phi) is 8.04. The smallest absolute Gasteiger partial charge is 0.241 e. The minimum absolute atomic E-state index is 0.00253. The molecule has 1 aliphatic heterocycles. The van der Waals surface area contributed by atoms with Gasteiger partial charge in [-0.2, -0.15) is 4.72 Å². The molecule has 0 spiro atoms. The van der Waals surface area contributed by atoms with Crippen LogP contribution < -0.4 is 29.0 Å². The molecule has 1 aliphatic rings. The van der Waals surface area contributed by atoms with Crippen LogP contribution in [0.15, 0.2) is 41.3 Å². The summed E-state index contributed by atoms with van der Waals surface area (Å²) in [5, 5.41) is 2.79. The molecule has 33 heavy (non-hydrogen) atoms. The van der Waals surface area contributed by atoms with Crippen LogP contribution in [0.5, 0.6) is 23.0 Å². The van der Waals surface area contributed by atoms with Crippen LogP contribution in [0.25, 0.3) is 0 Å². The van der Waals surface area contributed by atoms with Crippen LogP contribution in [-0.2, 0) is 21.4 Å². The number of hydrogen-bond donors (Lipinski definition) is 2. The fourth-order valence-corrected chi connectivity index (χ4v) is 4.66. The first kappa shape index (κ1) is 24.7. The predicted molar refractivity (Wildman–Crippen MR) is 122 cm³/mol. The number of nitrogens with one attached hydrogen (secondary N) is 2. The average molecular weight is 479 g/mol. The lowest BCUT2D eigenvalue weighted by Gasteiger charge is -2.22. The van der Waals surface area contributed by atoms with E-state index >= 15 is 0 Å². The molecular formula is C23H30N2O7S. The first-order chi connectivity index (χ1) is 15.7. The van der Waals surface area contributed by atoms with Gasteiger partial charge >= 0.3 is 0 Å². The number of carbonyl (C=O) groups excluding carboxylic acids is 1. The van der Waals surface area contributed by atoms with Crippen molar-refractivity contribution in [2.24, 2.45) is 5.92 Å². The van der Waals surface area contributed by atoms with Crippen molar-refractivity contribution in [3.8, 4) is 23.0 Å². The van der Waals surface area contributed by atoms with E-state index in [9.17, 15) is 13.2 Å². The second-order valence-electron chi connectivity index (χ2n) is 7.94. The van der Waals surface area contributed by atoms with Gasteiger partial charge in [-0.1, -0.05) is 13.8 Å². The summed E-state index contributed by atoms with van der Waals surface area (Å²) in [6, 6.07) is 8.72. The molecule has 1 amide bonds. The Morgan fingerprint density at radius 3 is 2.24 bits per heavy atom. The predicted octanol–water partition coefficient (Wildman–Crippen LogP) is 2.48. The van der Waals surface area contributed by atoms with E-state index in [-0.39, 0.29) is 17.4 Å². The molecule has 2 aromatic carbocycles. The third-order valence-corrected chi connectivity index (χ3v) is 6.58. The molecule has 0 saturated heterocycles. The third kappa shape index (κ3) is 6.29. The highest BCUT2D eigenvalue weighted by atomic mass is 32.2. The van der Waals surface area contributed by atoms with E-state index in [1.807, 2.05) is 0 Å². The van der Waals surface area contributed by atoms with Crippen molar-refractivity contribution >= 4 is 15.9 Å². The first-order valence-electron chi connectivity index (χ1n) is 10.6. The summed E-state index contributed by atoms with van der Waals surface area (Å²) in [5.74, 6) is 1.32. The number of carbonyl (C=O) groups is 1. The quantitative estimate of drug-likeness (QED) is 0.569. The van der Waals surface area contributed by atoms with Gasteiger partial charge in [-0.05, 0) is 35.7 Å². The zero-order chi connectivity index (χ0) is 24.0. The molecule has 0 aromatic heterocycles. The minimum Gasteiger partial charge on any atom is -0.497 e. The summed E-state index contributed by atoms with van der Waals surface area (Å²) < 4.78 is 50.3. The largest absolute Gasteiger partial charge is 0.497 e. The van der Waals surface area contributed by atoms with Gasteiger partial charge < -0.3 is 24.3 Å². The molecule has 1 unspecified atom stereocenters. The lowest BCUT2D eigenvalue weighted by atomic mass is 10.0. The topological polar surface area (TPSA) is 112 Å². The van der Waals surface area contributed by atoms with Crippen LogP contribution >= 0.6 is 0 Å². The van der Waals surface area contributed by atoms with Crippen molar-refractivity contribution in [2.45, 2.75) is 37.8 Å². The van der Waals surface area contributed by atoms with Gasteiger partial charge in [0.05, 0.1) is 32.3 Å². The molecule has 0 aliphatic carbocycles. The molecule has 9 nitrogen and oxygen atoms in total. The molecule has 1 heterocycles. The Balaban J connectivity index is 1.73. The molecule has 0 bridgehead atoms. The molecule has 1 atom stereocenters. The average Bonchev–Trinajstić information content (AvgIpc) is 3.05. The summed E-state index contributed by atoms with van der Waals surface area (Å²) in [6.07, 6.45) is 0.712. The Morgan fingerprint density at radius 2 is 1.64 bits per heavy atom. The number of amides is 1. The van der Waals surface area contributed by atoms with E-state index in [2.05, 4.69) is 10.0 Å². The number of methoxy groups -OCH3 is 2. The van der Waals surface area contributed by atoms with Gasteiger partial charge in [-0.15, -0.1) is 0 Å². The maximum absolute atomic E-state index is 13.0. The summed E-state index contributed by atoms with van der Waals surface area (Å²) in [6.45, 7) is 4.67. The number of ether oxygens (including phenoxy) is 4. The zero-order valence-electron chi connectivity index (χ0n) is 19.2. The maximum Gasteiger partial charge on any atom is 0.241 e. The van der Waals surface area contributed by atoms with Gasteiger partial charge in [0.15, 0.2) is 11.5 Å². The fourth-order valence-electron chi connectivity index (χ4n) is 3.31. The number of sulfonamides is 1. The van der Waals surface area contributed by atoms with Crippen molar-refractivity contribution < 1.29 is 32.2 Å². The molecule has 10 heteroatoms. The highest BCUT2D eigenvalue weighted by Crippen LogP contribution is 2.32. The standard InChI is InChI=1S/C23H30N2O7S/c1-15(2)22(23(26)24-14-16-10-17(29-3)12-18(11-16)30-4)25-33(27,28)19-6-7-20-21(13-19)32-9-5-8-31-20/h6-7,10-13,15,22,25H,5,8-9,14H2,1-4H3,(H,24,26).